The zero-order chi connectivity index (χ0) is 10.6. The summed E-state index contributed by atoms with van der Waals surface area (Å²) in [6.45, 7) is 4.19. The van der Waals surface area contributed by atoms with Crippen molar-refractivity contribution in [2.75, 3.05) is 6.54 Å². The number of rotatable bonds is 6. The molecule has 0 amide bonds. The maximum Gasteiger partial charge on any atom is 0.141 e. The molecule has 1 N–H and O–H groups in total. The van der Waals surface area contributed by atoms with Crippen molar-refractivity contribution in [3.8, 4) is 0 Å². The van der Waals surface area contributed by atoms with Crippen molar-refractivity contribution in [3.63, 3.8) is 0 Å². The summed E-state index contributed by atoms with van der Waals surface area (Å²) in [5.41, 5.74) is 0.615. The first-order valence-corrected chi connectivity index (χ1v) is 5.81. The van der Waals surface area contributed by atoms with E-state index in [4.69, 9.17) is 0 Å². The van der Waals surface area contributed by atoms with Crippen molar-refractivity contribution in [2.24, 2.45) is 5.41 Å². The molecule has 1 aliphatic rings. The topological polar surface area (TPSA) is 37.8 Å². The summed E-state index contributed by atoms with van der Waals surface area (Å²) in [6.07, 6.45) is 9.03. The minimum absolute atomic E-state index is 0.615. The van der Waals surface area contributed by atoms with E-state index in [2.05, 4.69) is 22.2 Å². The fourth-order valence-electron chi connectivity index (χ4n) is 2.08. The smallest absolute Gasteiger partial charge is 0.141 e. The van der Waals surface area contributed by atoms with Crippen LogP contribution >= 0.6 is 0 Å². The minimum Gasteiger partial charge on any atom is -0.309 e. The van der Waals surface area contributed by atoms with Crippen LogP contribution in [0.3, 0.4) is 0 Å². The van der Waals surface area contributed by atoms with Gasteiger partial charge in [0.05, 0.1) is 6.54 Å². The van der Waals surface area contributed by atoms with Gasteiger partial charge >= 0.3 is 0 Å². The number of hydrogen-bond donors (Lipinski definition) is 1. The molecule has 3 nitrogen and oxygen atoms in total. The van der Waals surface area contributed by atoms with Crippen LogP contribution in [0.4, 0.5) is 0 Å². The monoisotopic (exact) mass is 205 g/mol. The van der Waals surface area contributed by atoms with Crippen molar-refractivity contribution < 1.29 is 0 Å². The molecule has 0 aromatic carbocycles. The first-order chi connectivity index (χ1) is 7.35. The van der Waals surface area contributed by atoms with Crippen LogP contribution < -0.4 is 5.32 Å². The number of nitrogens with one attached hydrogen (secondary N) is 1. The van der Waals surface area contributed by atoms with Crippen molar-refractivity contribution in [3.05, 3.63) is 24.3 Å². The van der Waals surface area contributed by atoms with Gasteiger partial charge < -0.3 is 5.32 Å². The fraction of sp³-hybridized carbons (Fsp3) is 0.667. The zero-order valence-electron chi connectivity index (χ0n) is 9.37. The lowest BCUT2D eigenvalue weighted by molar-refractivity contribution is 0.418. The Balaban J connectivity index is 1.71. The molecule has 1 aromatic heterocycles. The molecule has 82 valence electrons. The van der Waals surface area contributed by atoms with Gasteiger partial charge in [-0.1, -0.05) is 13.3 Å². The molecule has 0 atom stereocenters. The Kier molecular flexibility index (Phi) is 3.31. The second-order valence-corrected chi connectivity index (χ2v) is 4.52. The second-order valence-electron chi connectivity index (χ2n) is 4.52. The lowest BCUT2D eigenvalue weighted by Crippen LogP contribution is -2.24. The lowest BCUT2D eigenvalue weighted by Gasteiger charge is -2.14. The molecule has 0 radical (unpaired) electrons. The van der Waals surface area contributed by atoms with Crippen molar-refractivity contribution in [1.82, 2.24) is 15.3 Å². The summed E-state index contributed by atoms with van der Waals surface area (Å²) in [5, 5.41) is 3.46. The van der Waals surface area contributed by atoms with E-state index < -0.39 is 0 Å². The Bertz CT molecular complexity index is 293. The summed E-state index contributed by atoms with van der Waals surface area (Å²) in [5.74, 6) is 0.893. The molecule has 0 spiro atoms. The Morgan fingerprint density at radius 2 is 2.07 bits per heavy atom. The first-order valence-electron chi connectivity index (χ1n) is 5.81. The first kappa shape index (κ1) is 10.6. The van der Waals surface area contributed by atoms with Crippen LogP contribution in [-0.2, 0) is 6.54 Å². The molecule has 3 heteroatoms. The Labute approximate surface area is 91.3 Å². The Morgan fingerprint density at radius 1 is 1.33 bits per heavy atom. The summed E-state index contributed by atoms with van der Waals surface area (Å²) in [6, 6.07) is 1.85. The van der Waals surface area contributed by atoms with Crippen molar-refractivity contribution >= 4 is 0 Å². The van der Waals surface area contributed by atoms with Gasteiger partial charge in [0, 0.05) is 18.9 Å². The van der Waals surface area contributed by atoms with Gasteiger partial charge in [0.1, 0.15) is 5.82 Å². The third-order valence-electron chi connectivity index (χ3n) is 3.14. The number of hydrogen-bond acceptors (Lipinski definition) is 3. The van der Waals surface area contributed by atoms with E-state index >= 15 is 0 Å². The van der Waals surface area contributed by atoms with Crippen LogP contribution in [0.25, 0.3) is 0 Å². The molecular weight excluding hydrogens is 186 g/mol. The molecular formula is C12H19N3. The largest absolute Gasteiger partial charge is 0.309 e. The highest BCUT2D eigenvalue weighted by atomic mass is 15.0. The van der Waals surface area contributed by atoms with E-state index in [0.717, 1.165) is 18.9 Å². The molecule has 2 rings (SSSR count). The maximum absolute atomic E-state index is 4.19. The van der Waals surface area contributed by atoms with Crippen LogP contribution in [0, 0.1) is 5.41 Å². The van der Waals surface area contributed by atoms with Gasteiger partial charge in [-0.2, -0.15) is 0 Å². The van der Waals surface area contributed by atoms with Gasteiger partial charge in [0.2, 0.25) is 0 Å². The molecule has 1 aliphatic carbocycles. The number of aromatic nitrogens is 2. The highest BCUT2D eigenvalue weighted by molar-refractivity contribution is 4.95. The van der Waals surface area contributed by atoms with E-state index in [-0.39, 0.29) is 0 Å². The molecule has 0 aliphatic heterocycles. The predicted molar refractivity (Wildman–Crippen MR) is 60.3 cm³/mol. The van der Waals surface area contributed by atoms with Crippen LogP contribution in [0.15, 0.2) is 18.5 Å². The third-order valence-corrected chi connectivity index (χ3v) is 3.14. The highest BCUT2D eigenvalue weighted by Gasteiger charge is 2.40. The fourth-order valence-corrected chi connectivity index (χ4v) is 2.08. The van der Waals surface area contributed by atoms with Gasteiger partial charge in [-0.05, 0) is 30.7 Å². The Morgan fingerprint density at radius 3 is 2.67 bits per heavy atom. The van der Waals surface area contributed by atoms with E-state index in [0.29, 0.717) is 5.41 Å². The van der Waals surface area contributed by atoms with E-state index in [1.165, 1.54) is 25.7 Å². The van der Waals surface area contributed by atoms with E-state index in [1.54, 1.807) is 12.4 Å². The molecule has 0 saturated heterocycles. The summed E-state index contributed by atoms with van der Waals surface area (Å²) >= 11 is 0. The standard InChI is InChI=1S/C12H19N3/c1-2-4-12(5-6-12)10-13-9-11-14-7-3-8-15-11/h3,7-8,13H,2,4-6,9-10H2,1H3. The molecule has 1 fully saturated rings. The molecule has 1 saturated carbocycles. The predicted octanol–water partition coefficient (Wildman–Crippen LogP) is 2.15. The van der Waals surface area contributed by atoms with Gasteiger partial charge in [0.25, 0.3) is 0 Å². The molecule has 0 bridgehead atoms. The summed E-state index contributed by atoms with van der Waals surface area (Å²) in [4.78, 5) is 8.38. The van der Waals surface area contributed by atoms with E-state index in [9.17, 15) is 0 Å². The number of nitrogens with zero attached hydrogens (tertiary/aromatic N) is 2. The van der Waals surface area contributed by atoms with Crippen LogP contribution in [-0.4, -0.2) is 16.5 Å². The third kappa shape index (κ3) is 2.99. The van der Waals surface area contributed by atoms with Gasteiger partial charge in [-0.3, -0.25) is 0 Å². The van der Waals surface area contributed by atoms with Crippen LogP contribution in [0.1, 0.15) is 38.4 Å². The molecule has 1 aromatic rings. The van der Waals surface area contributed by atoms with E-state index in [1.807, 2.05) is 6.07 Å². The SMILES string of the molecule is CCCC1(CNCc2ncccn2)CC1. The van der Waals surface area contributed by atoms with Gasteiger partial charge in [-0.15, -0.1) is 0 Å². The summed E-state index contributed by atoms with van der Waals surface area (Å²) < 4.78 is 0. The van der Waals surface area contributed by atoms with Crippen molar-refractivity contribution in [1.29, 1.82) is 0 Å². The van der Waals surface area contributed by atoms with Gasteiger partial charge in [0.15, 0.2) is 0 Å². The zero-order valence-corrected chi connectivity index (χ0v) is 9.37. The quantitative estimate of drug-likeness (QED) is 0.773. The van der Waals surface area contributed by atoms with Crippen LogP contribution in [0.2, 0.25) is 0 Å². The average Bonchev–Trinajstić information content (AvgIpc) is 3.00. The maximum atomic E-state index is 4.19. The van der Waals surface area contributed by atoms with Gasteiger partial charge in [-0.25, -0.2) is 9.97 Å². The normalized spacial score (nSPS) is 17.7. The average molecular weight is 205 g/mol. The minimum atomic E-state index is 0.615. The lowest BCUT2D eigenvalue weighted by atomic mass is 10.0. The Hall–Kier alpha value is -0.960. The van der Waals surface area contributed by atoms with Crippen molar-refractivity contribution in [2.45, 2.75) is 39.2 Å². The van der Waals surface area contributed by atoms with Crippen LogP contribution in [0.5, 0.6) is 0 Å². The highest BCUT2D eigenvalue weighted by Crippen LogP contribution is 2.48. The molecule has 0 unspecified atom stereocenters. The summed E-state index contributed by atoms with van der Waals surface area (Å²) in [7, 11) is 0. The molecule has 15 heavy (non-hydrogen) atoms. The second kappa shape index (κ2) is 4.71. The molecule has 1 heterocycles.